The zero-order valence-electron chi connectivity index (χ0n) is 26.6. The van der Waals surface area contributed by atoms with Gasteiger partial charge in [0.25, 0.3) is 5.91 Å². The molecule has 2 saturated heterocycles. The van der Waals surface area contributed by atoms with Gasteiger partial charge in [-0.2, -0.15) is 0 Å². The number of nitrogens with zero attached hydrogens (tertiary/aromatic N) is 5. The monoisotopic (exact) mass is 646 g/mol. The Kier molecular flexibility index (Phi) is 11.1. The number of rotatable bonds is 10. The number of sulfonamides is 1. The zero-order chi connectivity index (χ0) is 31.6. The van der Waals surface area contributed by atoms with Gasteiger partial charge in [-0.1, -0.05) is 7.43 Å². The van der Waals surface area contributed by atoms with Crippen molar-refractivity contribution in [3.63, 3.8) is 0 Å². The SMILES string of the molecule is C.CC(C)N(C(=O)c1cc(F)ccc1Oc1cncnc1N1CC2(CCN(CC3CCC(NS(C)(=O)=O)CC3)CC2)C1)C(C)C. The Morgan fingerprint density at radius 3 is 2.33 bits per heavy atom. The molecule has 1 N–H and O–H groups in total. The van der Waals surface area contributed by atoms with Crippen LogP contribution in [0, 0.1) is 17.2 Å². The number of hydrogen-bond donors (Lipinski definition) is 1. The molecule has 45 heavy (non-hydrogen) atoms. The minimum Gasteiger partial charge on any atom is -0.451 e. The summed E-state index contributed by atoms with van der Waals surface area (Å²) in [6, 6.07) is 4.00. The van der Waals surface area contributed by atoms with E-state index < -0.39 is 15.8 Å². The molecule has 0 bridgehead atoms. The Balaban J connectivity index is 0.00000461. The van der Waals surface area contributed by atoms with E-state index >= 15 is 0 Å². The molecular formula is C33H51FN6O4S. The smallest absolute Gasteiger partial charge is 0.258 e. The van der Waals surface area contributed by atoms with Crippen molar-refractivity contribution in [3.8, 4) is 11.5 Å². The summed E-state index contributed by atoms with van der Waals surface area (Å²) < 4.78 is 46.5. The third-order valence-corrected chi connectivity index (χ3v) is 10.2. The molecule has 3 aliphatic rings. The molecule has 0 unspecified atom stereocenters. The van der Waals surface area contributed by atoms with Crippen molar-refractivity contribution < 1.29 is 22.3 Å². The lowest BCUT2D eigenvalue weighted by molar-refractivity contribution is 0.0618. The van der Waals surface area contributed by atoms with Gasteiger partial charge in [0.2, 0.25) is 10.0 Å². The van der Waals surface area contributed by atoms with E-state index in [4.69, 9.17) is 4.74 Å². The number of carbonyl (C=O) groups is 1. The number of hydrogen-bond acceptors (Lipinski definition) is 8. The summed E-state index contributed by atoms with van der Waals surface area (Å²) in [4.78, 5) is 28.7. The molecule has 1 aromatic carbocycles. The summed E-state index contributed by atoms with van der Waals surface area (Å²) in [5.74, 6) is 1.25. The second-order valence-corrected chi connectivity index (χ2v) is 15.4. The standard InChI is InChI=1S/C32H47FN6O4S.CH4/c1-22(2)39(23(3)4)31(40)27-16-25(33)8-11-28(27)43-29-17-34-21-35-30(29)38-19-32(20-38)12-14-37(15-13-32)18-24-6-9-26(10-7-24)36-44(5,41)42;/h8,11,16-17,21-24,26,36H,6-7,9-10,12-15,18-20H2,1-5H3;1H4. The first-order valence-corrected chi connectivity index (χ1v) is 17.8. The molecule has 2 aliphatic heterocycles. The van der Waals surface area contributed by atoms with E-state index in [2.05, 4.69) is 24.5 Å². The Bertz CT molecular complexity index is 1410. The predicted octanol–water partition coefficient (Wildman–Crippen LogP) is 5.31. The van der Waals surface area contributed by atoms with Gasteiger partial charge in [0.1, 0.15) is 17.9 Å². The van der Waals surface area contributed by atoms with Gasteiger partial charge in [0, 0.05) is 43.2 Å². The molecule has 5 rings (SSSR count). The number of benzene rings is 1. The van der Waals surface area contributed by atoms with Crippen molar-refractivity contribution >= 4 is 21.7 Å². The maximum atomic E-state index is 14.3. The van der Waals surface area contributed by atoms with Crippen LogP contribution in [0.4, 0.5) is 10.2 Å². The molecule has 250 valence electrons. The molecule has 1 amide bonds. The fraction of sp³-hybridized carbons (Fsp3) is 0.667. The second-order valence-electron chi connectivity index (χ2n) is 13.6. The minimum absolute atomic E-state index is 0. The molecule has 1 spiro atoms. The van der Waals surface area contributed by atoms with Crippen molar-refractivity contribution in [2.75, 3.05) is 43.9 Å². The van der Waals surface area contributed by atoms with Crippen molar-refractivity contribution in [3.05, 3.63) is 42.1 Å². The van der Waals surface area contributed by atoms with Gasteiger partial charge >= 0.3 is 0 Å². The van der Waals surface area contributed by atoms with E-state index in [1.54, 1.807) is 11.1 Å². The number of piperidine rings is 1. The van der Waals surface area contributed by atoms with Crippen LogP contribution in [-0.2, 0) is 10.0 Å². The van der Waals surface area contributed by atoms with Crippen molar-refractivity contribution in [1.82, 2.24) is 24.5 Å². The molecule has 2 aromatic rings. The Morgan fingerprint density at radius 1 is 1.09 bits per heavy atom. The lowest BCUT2D eigenvalue weighted by atomic mass is 9.71. The minimum atomic E-state index is -3.15. The van der Waals surface area contributed by atoms with Crippen LogP contribution >= 0.6 is 0 Å². The van der Waals surface area contributed by atoms with Gasteiger partial charge < -0.3 is 19.4 Å². The number of likely N-dealkylation sites (tertiary alicyclic amines) is 1. The zero-order valence-corrected chi connectivity index (χ0v) is 27.4. The molecule has 3 heterocycles. The van der Waals surface area contributed by atoms with Gasteiger partial charge in [-0.25, -0.2) is 27.5 Å². The van der Waals surface area contributed by atoms with Crippen LogP contribution in [-0.4, -0.2) is 91.2 Å². The molecule has 3 fully saturated rings. The quantitative estimate of drug-likeness (QED) is 0.370. The topological polar surface area (TPSA) is 108 Å². The molecule has 12 heteroatoms. The van der Waals surface area contributed by atoms with E-state index in [-0.39, 0.29) is 48.2 Å². The number of aromatic nitrogens is 2. The fourth-order valence-electron chi connectivity index (χ4n) is 7.27. The summed E-state index contributed by atoms with van der Waals surface area (Å²) in [6.07, 6.45) is 10.5. The summed E-state index contributed by atoms with van der Waals surface area (Å²) >= 11 is 0. The number of halogens is 1. The van der Waals surface area contributed by atoms with E-state index in [1.165, 1.54) is 30.8 Å². The molecule has 1 saturated carbocycles. The third-order valence-electron chi connectivity index (χ3n) is 9.41. The summed E-state index contributed by atoms with van der Waals surface area (Å²) in [5, 5.41) is 0. The molecular weight excluding hydrogens is 595 g/mol. The van der Waals surface area contributed by atoms with E-state index in [0.29, 0.717) is 17.5 Å². The maximum absolute atomic E-state index is 14.3. The van der Waals surface area contributed by atoms with Gasteiger partial charge in [-0.15, -0.1) is 0 Å². The molecule has 1 aromatic heterocycles. The number of amides is 1. The first-order valence-electron chi connectivity index (χ1n) is 15.9. The average molecular weight is 647 g/mol. The summed E-state index contributed by atoms with van der Waals surface area (Å²) in [5.41, 5.74) is 0.414. The van der Waals surface area contributed by atoms with Crippen molar-refractivity contribution in [2.24, 2.45) is 11.3 Å². The molecule has 0 radical (unpaired) electrons. The largest absolute Gasteiger partial charge is 0.451 e. The highest BCUT2D eigenvalue weighted by Gasteiger charge is 2.46. The molecule has 10 nitrogen and oxygen atoms in total. The highest BCUT2D eigenvalue weighted by Crippen LogP contribution is 2.45. The summed E-state index contributed by atoms with van der Waals surface area (Å²) in [6.45, 7) is 12.7. The Labute approximate surface area is 268 Å². The van der Waals surface area contributed by atoms with Crippen molar-refractivity contribution in [1.29, 1.82) is 0 Å². The average Bonchev–Trinajstić information content (AvgIpc) is 2.93. The fourth-order valence-corrected chi connectivity index (χ4v) is 8.11. The van der Waals surface area contributed by atoms with E-state index in [1.807, 2.05) is 27.7 Å². The lowest BCUT2D eigenvalue weighted by Gasteiger charge is -2.54. The Hall–Kier alpha value is -2.83. The van der Waals surface area contributed by atoms with Crippen LogP contribution in [0.25, 0.3) is 0 Å². The third kappa shape index (κ3) is 8.51. The predicted molar refractivity (Wildman–Crippen MR) is 176 cm³/mol. The number of ether oxygens (including phenoxy) is 1. The molecule has 0 atom stereocenters. The second kappa shape index (κ2) is 14.3. The van der Waals surface area contributed by atoms with Gasteiger partial charge in [0.05, 0.1) is 18.0 Å². The van der Waals surface area contributed by atoms with Gasteiger partial charge in [-0.05, 0) is 103 Å². The number of anilines is 1. The summed E-state index contributed by atoms with van der Waals surface area (Å²) in [7, 11) is -3.15. The maximum Gasteiger partial charge on any atom is 0.258 e. The van der Waals surface area contributed by atoms with Crippen LogP contribution in [0.1, 0.15) is 84.0 Å². The first-order chi connectivity index (χ1) is 20.8. The number of nitrogens with one attached hydrogen (secondary N) is 1. The van der Waals surface area contributed by atoms with Crippen LogP contribution < -0.4 is 14.4 Å². The van der Waals surface area contributed by atoms with Crippen LogP contribution in [0.3, 0.4) is 0 Å². The first kappa shape index (κ1) is 35.0. The van der Waals surface area contributed by atoms with Gasteiger partial charge in [0.15, 0.2) is 11.6 Å². The van der Waals surface area contributed by atoms with Gasteiger partial charge in [-0.3, -0.25) is 4.79 Å². The van der Waals surface area contributed by atoms with Crippen LogP contribution in [0.15, 0.2) is 30.7 Å². The normalized spacial score (nSPS) is 21.8. The highest BCUT2D eigenvalue weighted by atomic mass is 32.2. The van der Waals surface area contributed by atoms with Crippen LogP contribution in [0.5, 0.6) is 11.5 Å². The van der Waals surface area contributed by atoms with E-state index in [9.17, 15) is 17.6 Å². The molecule has 1 aliphatic carbocycles. The number of carbonyl (C=O) groups excluding carboxylic acids is 1. The Morgan fingerprint density at radius 2 is 1.73 bits per heavy atom. The highest BCUT2D eigenvalue weighted by molar-refractivity contribution is 7.88. The lowest BCUT2D eigenvalue weighted by Crippen LogP contribution is -2.61. The van der Waals surface area contributed by atoms with Crippen LogP contribution in [0.2, 0.25) is 0 Å². The van der Waals surface area contributed by atoms with E-state index in [0.717, 1.165) is 71.2 Å². The van der Waals surface area contributed by atoms with Crippen molar-refractivity contribution in [2.45, 2.75) is 91.8 Å².